The van der Waals surface area contributed by atoms with Gasteiger partial charge in [0.2, 0.25) is 0 Å². The Kier molecular flexibility index (Phi) is 4.22. The average molecular weight is 330 g/mol. The number of cyclic esters (lactones) is 2. The Hall–Kier alpha value is -2.50. The molecular formula is C18H22N2O4. The summed E-state index contributed by atoms with van der Waals surface area (Å²) in [6.45, 7) is 7.96. The van der Waals surface area contributed by atoms with Crippen LogP contribution in [0.5, 0.6) is 0 Å². The van der Waals surface area contributed by atoms with Crippen LogP contribution in [0, 0.1) is 0 Å². The number of rotatable bonds is 3. The summed E-state index contributed by atoms with van der Waals surface area (Å²) in [6, 6.07) is 8.11. The Morgan fingerprint density at radius 2 is 1.46 bits per heavy atom. The van der Waals surface area contributed by atoms with Crippen LogP contribution < -0.4 is 0 Å². The van der Waals surface area contributed by atoms with Gasteiger partial charge in [-0.1, -0.05) is 45.0 Å². The highest BCUT2D eigenvalue weighted by Gasteiger charge is 2.34. The van der Waals surface area contributed by atoms with E-state index in [1.54, 1.807) is 0 Å². The van der Waals surface area contributed by atoms with Crippen LogP contribution in [0.4, 0.5) is 9.59 Å². The molecule has 0 spiro atoms. The van der Waals surface area contributed by atoms with Crippen molar-refractivity contribution in [2.75, 3.05) is 26.3 Å². The molecule has 1 aromatic rings. The molecule has 2 saturated heterocycles. The number of benzene rings is 1. The van der Waals surface area contributed by atoms with Crippen LogP contribution in [0.15, 0.2) is 30.1 Å². The summed E-state index contributed by atoms with van der Waals surface area (Å²) < 4.78 is 10.0. The molecule has 0 aromatic heterocycles. The second-order valence-electron chi connectivity index (χ2n) is 6.91. The Balaban J connectivity index is 1.94. The van der Waals surface area contributed by atoms with Crippen molar-refractivity contribution >= 4 is 18.3 Å². The van der Waals surface area contributed by atoms with Crippen molar-refractivity contribution in [3.63, 3.8) is 0 Å². The summed E-state index contributed by atoms with van der Waals surface area (Å²) in [6.07, 6.45) is 0.950. The molecule has 0 atom stereocenters. The van der Waals surface area contributed by atoms with Crippen LogP contribution in [-0.2, 0) is 14.9 Å². The van der Waals surface area contributed by atoms with E-state index in [2.05, 4.69) is 32.9 Å². The van der Waals surface area contributed by atoms with Gasteiger partial charge in [-0.15, -0.1) is 0 Å². The molecule has 0 saturated carbocycles. The molecule has 24 heavy (non-hydrogen) atoms. The Morgan fingerprint density at radius 3 is 1.83 bits per heavy atom. The fraction of sp³-hybridized carbons (Fsp3) is 0.444. The molecule has 6 nitrogen and oxygen atoms in total. The van der Waals surface area contributed by atoms with Gasteiger partial charge in [-0.25, -0.2) is 9.59 Å². The minimum Gasteiger partial charge on any atom is -0.447 e. The average Bonchev–Trinajstić information content (AvgIpc) is 3.13. The van der Waals surface area contributed by atoms with Crippen LogP contribution in [-0.4, -0.2) is 48.3 Å². The number of nitrogens with zero attached hydrogens (tertiary/aromatic N) is 2. The van der Waals surface area contributed by atoms with Crippen molar-refractivity contribution < 1.29 is 19.1 Å². The van der Waals surface area contributed by atoms with Crippen molar-refractivity contribution in [1.82, 2.24) is 9.80 Å². The van der Waals surface area contributed by atoms with Gasteiger partial charge < -0.3 is 9.47 Å². The standard InChI is InChI=1S/C18H22N2O4/c1-18(2,3)14-6-4-13(5-7-14)12-15(19-8-10-23-16(19)21)20-9-11-24-17(20)22/h4-7,12H,8-11H2,1-3H3. The normalized spacial score (nSPS) is 17.8. The molecule has 2 heterocycles. The van der Waals surface area contributed by atoms with E-state index in [0.29, 0.717) is 32.1 Å². The van der Waals surface area contributed by atoms with Gasteiger partial charge in [0.15, 0.2) is 0 Å². The van der Waals surface area contributed by atoms with Crippen LogP contribution >= 0.6 is 0 Å². The van der Waals surface area contributed by atoms with Crippen molar-refractivity contribution in [1.29, 1.82) is 0 Å². The first-order chi connectivity index (χ1) is 11.4. The number of ether oxygens (including phenoxy) is 2. The molecule has 128 valence electrons. The zero-order valence-corrected chi connectivity index (χ0v) is 14.2. The Labute approximate surface area is 141 Å². The van der Waals surface area contributed by atoms with E-state index in [1.165, 1.54) is 15.4 Å². The van der Waals surface area contributed by atoms with E-state index in [4.69, 9.17) is 9.47 Å². The molecule has 0 aliphatic carbocycles. The highest BCUT2D eigenvalue weighted by Crippen LogP contribution is 2.25. The summed E-state index contributed by atoms with van der Waals surface area (Å²) in [5.74, 6) is 0.503. The molecule has 6 heteroatoms. The molecule has 0 N–H and O–H groups in total. The van der Waals surface area contributed by atoms with E-state index in [1.807, 2.05) is 18.2 Å². The van der Waals surface area contributed by atoms with Crippen molar-refractivity contribution in [3.8, 4) is 0 Å². The van der Waals surface area contributed by atoms with Gasteiger partial charge in [0.05, 0.1) is 13.1 Å². The minimum absolute atomic E-state index is 0.0720. The molecule has 2 aliphatic rings. The molecule has 0 unspecified atom stereocenters. The van der Waals surface area contributed by atoms with Crippen molar-refractivity contribution in [2.24, 2.45) is 0 Å². The lowest BCUT2D eigenvalue weighted by Crippen LogP contribution is -2.36. The number of amides is 2. The van der Waals surface area contributed by atoms with Crippen LogP contribution in [0.25, 0.3) is 6.08 Å². The van der Waals surface area contributed by atoms with Crippen LogP contribution in [0.1, 0.15) is 31.9 Å². The van der Waals surface area contributed by atoms with E-state index >= 15 is 0 Å². The fourth-order valence-electron chi connectivity index (χ4n) is 2.73. The molecule has 0 radical (unpaired) electrons. The summed E-state index contributed by atoms with van der Waals surface area (Å²) >= 11 is 0. The number of hydrogen-bond donors (Lipinski definition) is 0. The lowest BCUT2D eigenvalue weighted by atomic mass is 9.87. The number of carbonyl (C=O) groups is 2. The van der Waals surface area contributed by atoms with E-state index < -0.39 is 12.2 Å². The number of hydrogen-bond acceptors (Lipinski definition) is 4. The molecule has 2 fully saturated rings. The maximum absolute atomic E-state index is 11.9. The van der Waals surface area contributed by atoms with Gasteiger partial charge in [0, 0.05) is 0 Å². The Bertz CT molecular complexity index is 645. The first-order valence-electron chi connectivity index (χ1n) is 8.07. The van der Waals surface area contributed by atoms with Gasteiger partial charge in [-0.05, 0) is 22.6 Å². The summed E-state index contributed by atoms with van der Waals surface area (Å²) in [7, 11) is 0. The van der Waals surface area contributed by atoms with Gasteiger partial charge in [0.25, 0.3) is 0 Å². The smallest absolute Gasteiger partial charge is 0.415 e. The second kappa shape index (κ2) is 6.19. The van der Waals surface area contributed by atoms with Gasteiger partial charge in [-0.2, -0.15) is 0 Å². The molecule has 3 rings (SSSR count). The third-order valence-corrected chi connectivity index (χ3v) is 4.15. The molecule has 0 bridgehead atoms. The van der Waals surface area contributed by atoms with Crippen LogP contribution in [0.3, 0.4) is 0 Å². The summed E-state index contributed by atoms with van der Waals surface area (Å²) in [5, 5.41) is 0. The molecular weight excluding hydrogens is 308 g/mol. The quantitative estimate of drug-likeness (QED) is 0.854. The Morgan fingerprint density at radius 1 is 0.958 bits per heavy atom. The van der Waals surface area contributed by atoms with E-state index in [-0.39, 0.29) is 5.41 Å². The zero-order valence-electron chi connectivity index (χ0n) is 14.2. The largest absolute Gasteiger partial charge is 0.447 e. The SMILES string of the molecule is CC(C)(C)c1ccc(C=C(N2CCOC2=O)N2CCOC2=O)cc1. The third-order valence-electron chi connectivity index (χ3n) is 4.15. The topological polar surface area (TPSA) is 59.1 Å². The van der Waals surface area contributed by atoms with Crippen molar-refractivity contribution in [2.45, 2.75) is 26.2 Å². The lowest BCUT2D eigenvalue weighted by Gasteiger charge is -2.24. The highest BCUT2D eigenvalue weighted by atomic mass is 16.6. The molecule has 2 amide bonds. The van der Waals surface area contributed by atoms with E-state index in [0.717, 1.165) is 5.56 Å². The fourth-order valence-corrected chi connectivity index (χ4v) is 2.73. The first kappa shape index (κ1) is 16.4. The van der Waals surface area contributed by atoms with Gasteiger partial charge >= 0.3 is 12.2 Å². The zero-order chi connectivity index (χ0) is 17.3. The van der Waals surface area contributed by atoms with E-state index in [9.17, 15) is 9.59 Å². The van der Waals surface area contributed by atoms with Crippen LogP contribution in [0.2, 0.25) is 0 Å². The maximum Gasteiger partial charge on any atom is 0.415 e. The second-order valence-corrected chi connectivity index (χ2v) is 6.91. The predicted octanol–water partition coefficient (Wildman–Crippen LogP) is 3.19. The molecule has 1 aromatic carbocycles. The van der Waals surface area contributed by atoms with Crippen molar-refractivity contribution in [3.05, 3.63) is 41.2 Å². The summed E-state index contributed by atoms with van der Waals surface area (Å²) in [4.78, 5) is 26.8. The first-order valence-corrected chi connectivity index (χ1v) is 8.07. The maximum atomic E-state index is 11.9. The number of carbonyl (C=O) groups excluding carboxylic acids is 2. The van der Waals surface area contributed by atoms with Gasteiger partial charge in [0.1, 0.15) is 19.0 Å². The monoisotopic (exact) mass is 330 g/mol. The van der Waals surface area contributed by atoms with Gasteiger partial charge in [-0.3, -0.25) is 9.80 Å². The lowest BCUT2D eigenvalue weighted by molar-refractivity contribution is 0.149. The third kappa shape index (κ3) is 3.22. The predicted molar refractivity (Wildman–Crippen MR) is 89.2 cm³/mol. The minimum atomic E-state index is -0.438. The highest BCUT2D eigenvalue weighted by molar-refractivity contribution is 5.79. The summed E-state index contributed by atoms with van der Waals surface area (Å²) in [5.41, 5.74) is 2.21. The molecule has 2 aliphatic heterocycles.